The van der Waals surface area contributed by atoms with Gasteiger partial charge in [0.2, 0.25) is 0 Å². The van der Waals surface area contributed by atoms with Crippen molar-refractivity contribution < 1.29 is 4.74 Å². The summed E-state index contributed by atoms with van der Waals surface area (Å²) in [7, 11) is 0. The van der Waals surface area contributed by atoms with Gasteiger partial charge in [0.25, 0.3) is 0 Å². The maximum Gasteiger partial charge on any atom is 0.157 e. The number of nitrogens with one attached hydrogen (secondary N) is 1. The lowest BCUT2D eigenvalue weighted by atomic mass is 9.89. The molecule has 0 bridgehead atoms. The lowest BCUT2D eigenvalue weighted by Crippen LogP contribution is -2.48. The first kappa shape index (κ1) is 12.8. The third kappa shape index (κ3) is 3.02. The summed E-state index contributed by atoms with van der Waals surface area (Å²) in [5.41, 5.74) is 0.300. The molecule has 3 aliphatic rings. The number of hydrogen-bond acceptors (Lipinski definition) is 3. The largest absolute Gasteiger partial charge is 0.381 e. The van der Waals surface area contributed by atoms with Crippen LogP contribution < -0.4 is 5.32 Å². The van der Waals surface area contributed by atoms with E-state index in [1.807, 2.05) is 11.8 Å². The zero-order valence-corrected chi connectivity index (χ0v) is 11.9. The molecule has 1 aliphatic carbocycles. The average molecular weight is 268 g/mol. The van der Waals surface area contributed by atoms with Crippen molar-refractivity contribution in [2.45, 2.75) is 50.5 Å². The molecule has 0 aromatic heterocycles. The lowest BCUT2D eigenvalue weighted by molar-refractivity contribution is 0.0555. The van der Waals surface area contributed by atoms with Gasteiger partial charge in [0.1, 0.15) is 0 Å². The lowest BCUT2D eigenvalue weighted by Gasteiger charge is -2.32. The molecule has 1 N–H and O–H groups in total. The fraction of sp³-hybridized carbons (Fsp3) is 0.929. The van der Waals surface area contributed by atoms with E-state index in [4.69, 9.17) is 9.73 Å². The van der Waals surface area contributed by atoms with Crippen LogP contribution >= 0.6 is 11.8 Å². The van der Waals surface area contributed by atoms with Crippen LogP contribution in [0.4, 0.5) is 0 Å². The zero-order valence-electron chi connectivity index (χ0n) is 11.1. The van der Waals surface area contributed by atoms with E-state index < -0.39 is 0 Å². The Balaban J connectivity index is 1.51. The number of aliphatic imine (C=N–C) groups is 1. The smallest absolute Gasteiger partial charge is 0.157 e. The summed E-state index contributed by atoms with van der Waals surface area (Å²) in [5, 5.41) is 4.88. The molecule has 2 saturated heterocycles. The molecule has 3 nitrogen and oxygen atoms in total. The number of hydrogen-bond donors (Lipinski definition) is 1. The van der Waals surface area contributed by atoms with Gasteiger partial charge in [-0.25, -0.2) is 0 Å². The van der Waals surface area contributed by atoms with Gasteiger partial charge in [-0.3, -0.25) is 4.99 Å². The summed E-state index contributed by atoms with van der Waals surface area (Å²) in [4.78, 5) is 4.82. The highest BCUT2D eigenvalue weighted by atomic mass is 32.2. The molecule has 3 rings (SSSR count). The summed E-state index contributed by atoms with van der Waals surface area (Å²) in [6.45, 7) is 2.86. The molecule has 18 heavy (non-hydrogen) atoms. The molecule has 1 saturated carbocycles. The van der Waals surface area contributed by atoms with Crippen LogP contribution in [0.1, 0.15) is 44.9 Å². The number of amidine groups is 1. The van der Waals surface area contributed by atoms with E-state index in [1.165, 1.54) is 43.0 Å². The Hall–Kier alpha value is -0.220. The number of rotatable bonds is 2. The fourth-order valence-electron chi connectivity index (χ4n) is 3.20. The van der Waals surface area contributed by atoms with Gasteiger partial charge < -0.3 is 10.1 Å². The van der Waals surface area contributed by atoms with Gasteiger partial charge in [-0.15, -0.1) is 0 Å². The van der Waals surface area contributed by atoms with Crippen LogP contribution in [0.15, 0.2) is 4.99 Å². The zero-order chi connectivity index (χ0) is 12.3. The van der Waals surface area contributed by atoms with Crippen LogP contribution in [-0.2, 0) is 4.74 Å². The van der Waals surface area contributed by atoms with E-state index in [1.54, 1.807) is 0 Å². The van der Waals surface area contributed by atoms with E-state index in [-0.39, 0.29) is 0 Å². The van der Waals surface area contributed by atoms with E-state index in [2.05, 4.69) is 5.32 Å². The van der Waals surface area contributed by atoms with Gasteiger partial charge >= 0.3 is 0 Å². The molecule has 0 unspecified atom stereocenters. The normalized spacial score (nSPS) is 30.8. The Morgan fingerprint density at radius 1 is 1.22 bits per heavy atom. The van der Waals surface area contributed by atoms with Crippen molar-refractivity contribution in [3.8, 4) is 0 Å². The quantitative estimate of drug-likeness (QED) is 0.836. The second kappa shape index (κ2) is 5.83. The molecule has 0 aromatic rings. The Labute approximate surface area is 114 Å². The van der Waals surface area contributed by atoms with Crippen LogP contribution in [0, 0.1) is 5.92 Å². The second-order valence-corrected chi connectivity index (χ2v) is 6.92. The Kier molecular flexibility index (Phi) is 4.14. The molecule has 2 heterocycles. The van der Waals surface area contributed by atoms with Crippen LogP contribution in [-0.4, -0.2) is 36.2 Å². The van der Waals surface area contributed by atoms with Crippen LogP contribution in [0.5, 0.6) is 0 Å². The highest BCUT2D eigenvalue weighted by Crippen LogP contribution is 2.32. The molecule has 2 aliphatic heterocycles. The van der Waals surface area contributed by atoms with Crippen molar-refractivity contribution in [3.63, 3.8) is 0 Å². The maximum absolute atomic E-state index is 5.46. The van der Waals surface area contributed by atoms with Crippen molar-refractivity contribution in [2.24, 2.45) is 10.9 Å². The van der Waals surface area contributed by atoms with Crippen molar-refractivity contribution >= 4 is 16.9 Å². The first-order valence-electron chi connectivity index (χ1n) is 7.40. The molecule has 0 radical (unpaired) electrons. The summed E-state index contributed by atoms with van der Waals surface area (Å²) >= 11 is 1.92. The fourth-order valence-corrected chi connectivity index (χ4v) is 4.43. The van der Waals surface area contributed by atoms with Gasteiger partial charge in [-0.1, -0.05) is 31.0 Å². The minimum absolute atomic E-state index is 0.300. The maximum atomic E-state index is 5.46. The highest BCUT2D eigenvalue weighted by molar-refractivity contribution is 8.14. The Bertz CT molecular complexity index is 307. The molecule has 0 atom stereocenters. The number of nitrogens with zero attached hydrogens (tertiary/aromatic N) is 1. The monoisotopic (exact) mass is 268 g/mol. The molecule has 1 spiro atoms. The van der Waals surface area contributed by atoms with Crippen LogP contribution in [0.2, 0.25) is 0 Å². The van der Waals surface area contributed by atoms with Crippen molar-refractivity contribution in [2.75, 3.05) is 25.5 Å². The standard InChI is InChI=1S/C14H24N2OS/c1-2-4-12(5-3-1)10-15-13-16-14(11-18-13)6-8-17-9-7-14/h12H,1-11H2,(H,15,16). The molecule has 4 heteroatoms. The third-order valence-corrected chi connectivity index (χ3v) is 5.73. The van der Waals surface area contributed by atoms with Gasteiger partial charge in [-0.05, 0) is 31.6 Å². The second-order valence-electron chi connectivity index (χ2n) is 5.96. The minimum Gasteiger partial charge on any atom is -0.381 e. The van der Waals surface area contributed by atoms with E-state index in [0.717, 1.165) is 38.5 Å². The van der Waals surface area contributed by atoms with Gasteiger partial charge in [0.15, 0.2) is 5.17 Å². The summed E-state index contributed by atoms with van der Waals surface area (Å²) in [5.74, 6) is 2.03. The molecular formula is C14H24N2OS. The van der Waals surface area contributed by atoms with Gasteiger partial charge in [0, 0.05) is 25.5 Å². The predicted octanol–water partition coefficient (Wildman–Crippen LogP) is 2.81. The molecular weight excluding hydrogens is 244 g/mol. The van der Waals surface area contributed by atoms with Crippen molar-refractivity contribution in [1.82, 2.24) is 5.32 Å². The average Bonchev–Trinajstić information content (AvgIpc) is 2.82. The molecule has 0 amide bonds. The number of thioether (sulfide) groups is 1. The van der Waals surface area contributed by atoms with E-state index >= 15 is 0 Å². The predicted molar refractivity (Wildman–Crippen MR) is 77.3 cm³/mol. The molecule has 3 fully saturated rings. The van der Waals surface area contributed by atoms with E-state index in [0.29, 0.717) is 5.54 Å². The van der Waals surface area contributed by atoms with Crippen LogP contribution in [0.25, 0.3) is 0 Å². The Morgan fingerprint density at radius 3 is 2.78 bits per heavy atom. The molecule has 0 aromatic carbocycles. The Morgan fingerprint density at radius 2 is 2.00 bits per heavy atom. The third-order valence-electron chi connectivity index (χ3n) is 4.53. The number of ether oxygens (including phenoxy) is 1. The summed E-state index contributed by atoms with van der Waals surface area (Å²) in [6.07, 6.45) is 9.32. The molecule has 102 valence electrons. The van der Waals surface area contributed by atoms with Crippen molar-refractivity contribution in [3.05, 3.63) is 0 Å². The van der Waals surface area contributed by atoms with E-state index in [9.17, 15) is 0 Å². The van der Waals surface area contributed by atoms with Crippen molar-refractivity contribution in [1.29, 1.82) is 0 Å². The minimum atomic E-state index is 0.300. The summed E-state index contributed by atoms with van der Waals surface area (Å²) in [6, 6.07) is 0. The SMILES string of the molecule is C1CCC(CN=C2NC3(CCOCC3)CS2)CC1. The van der Waals surface area contributed by atoms with Gasteiger partial charge in [-0.2, -0.15) is 0 Å². The summed E-state index contributed by atoms with van der Waals surface area (Å²) < 4.78 is 5.46. The first-order chi connectivity index (χ1) is 8.86. The highest BCUT2D eigenvalue weighted by Gasteiger charge is 2.38. The topological polar surface area (TPSA) is 33.6 Å². The van der Waals surface area contributed by atoms with Crippen LogP contribution in [0.3, 0.4) is 0 Å². The van der Waals surface area contributed by atoms with Gasteiger partial charge in [0.05, 0.1) is 5.54 Å². The first-order valence-corrected chi connectivity index (χ1v) is 8.38.